The van der Waals surface area contributed by atoms with Crippen LogP contribution in [0.15, 0.2) is 30.3 Å². The molecule has 1 saturated heterocycles. The maximum atomic E-state index is 11.0. The van der Waals surface area contributed by atoms with Crippen LogP contribution in [0.4, 0.5) is 5.69 Å². The lowest BCUT2D eigenvalue weighted by atomic mass is 10.2. The van der Waals surface area contributed by atoms with Crippen LogP contribution in [0.2, 0.25) is 0 Å². The van der Waals surface area contributed by atoms with Crippen molar-refractivity contribution in [3.8, 4) is 0 Å². The first-order chi connectivity index (χ1) is 9.79. The van der Waals surface area contributed by atoms with Crippen LogP contribution < -0.4 is 16.0 Å². The minimum atomic E-state index is -0.0705. The third-order valence-corrected chi connectivity index (χ3v) is 3.65. The van der Waals surface area contributed by atoms with Gasteiger partial charge in [-0.1, -0.05) is 18.2 Å². The van der Waals surface area contributed by atoms with E-state index in [0.717, 1.165) is 45.7 Å². The lowest BCUT2D eigenvalue weighted by Crippen LogP contribution is -2.47. The maximum absolute atomic E-state index is 11.0. The number of hydrogen-bond acceptors (Lipinski definition) is 4. The normalized spacial score (nSPS) is 14.0. The summed E-state index contributed by atoms with van der Waals surface area (Å²) in [4.78, 5) is 15.9. The Morgan fingerprint density at radius 1 is 1.04 bits per heavy atom. The first-order valence-corrected chi connectivity index (χ1v) is 7.28. The Morgan fingerprint density at radius 3 is 2.22 bits per heavy atom. The summed E-state index contributed by atoms with van der Waals surface area (Å²) in [5.74, 6) is -0.0705. The number of halogens is 3. The van der Waals surface area contributed by atoms with Gasteiger partial charge in [0.05, 0.1) is 6.54 Å². The van der Waals surface area contributed by atoms with Crippen molar-refractivity contribution >= 4 is 48.8 Å². The molecule has 3 N–H and O–H groups in total. The standard InChI is InChI=1S/C15H24N4O.3ClH/c16-13-15(20)17-7-4-8-18-9-11-19(12-10-18)14-5-2-1-3-6-14;;;/h1-3,5-6H,4,7-13,16H2,(H,17,20);3*1H. The number of piperazine rings is 1. The highest BCUT2D eigenvalue weighted by Crippen LogP contribution is 2.15. The van der Waals surface area contributed by atoms with Crippen LogP contribution in [-0.4, -0.2) is 56.6 Å². The molecule has 0 aromatic heterocycles. The number of para-hydroxylation sites is 1. The number of hydrogen-bond donors (Lipinski definition) is 2. The molecular weight excluding hydrogens is 359 g/mol. The second-order valence-electron chi connectivity index (χ2n) is 5.07. The van der Waals surface area contributed by atoms with E-state index in [2.05, 4.69) is 45.4 Å². The molecule has 23 heavy (non-hydrogen) atoms. The van der Waals surface area contributed by atoms with Gasteiger partial charge in [-0.25, -0.2) is 0 Å². The average molecular weight is 386 g/mol. The first-order valence-electron chi connectivity index (χ1n) is 7.28. The Labute approximate surface area is 157 Å². The van der Waals surface area contributed by atoms with Crippen molar-refractivity contribution < 1.29 is 4.79 Å². The Bertz CT molecular complexity index is 414. The predicted molar refractivity (Wildman–Crippen MR) is 104 cm³/mol. The van der Waals surface area contributed by atoms with Gasteiger partial charge in [-0.3, -0.25) is 9.69 Å². The van der Waals surface area contributed by atoms with E-state index in [-0.39, 0.29) is 49.7 Å². The molecule has 2 rings (SSSR count). The number of nitrogens with one attached hydrogen (secondary N) is 1. The summed E-state index contributed by atoms with van der Waals surface area (Å²) in [7, 11) is 0. The number of carbonyl (C=O) groups excluding carboxylic acids is 1. The first kappa shape index (κ1) is 24.5. The van der Waals surface area contributed by atoms with Gasteiger partial charge in [-0.2, -0.15) is 0 Å². The van der Waals surface area contributed by atoms with Crippen LogP contribution in [-0.2, 0) is 4.79 Å². The quantitative estimate of drug-likeness (QED) is 0.729. The molecule has 0 bridgehead atoms. The molecular formula is C15H27Cl3N4O. The summed E-state index contributed by atoms with van der Waals surface area (Å²) in [6, 6.07) is 10.6. The van der Waals surface area contributed by atoms with Crippen molar-refractivity contribution in [2.75, 3.05) is 50.7 Å². The molecule has 1 amide bonds. The fourth-order valence-corrected chi connectivity index (χ4v) is 2.47. The van der Waals surface area contributed by atoms with E-state index >= 15 is 0 Å². The van der Waals surface area contributed by atoms with E-state index < -0.39 is 0 Å². The second kappa shape index (κ2) is 13.7. The fraction of sp³-hybridized carbons (Fsp3) is 0.533. The highest BCUT2D eigenvalue weighted by Gasteiger charge is 2.16. The molecule has 8 heteroatoms. The van der Waals surface area contributed by atoms with Gasteiger partial charge in [0.25, 0.3) is 0 Å². The molecule has 0 saturated carbocycles. The monoisotopic (exact) mass is 384 g/mol. The molecule has 5 nitrogen and oxygen atoms in total. The lowest BCUT2D eigenvalue weighted by Gasteiger charge is -2.36. The number of anilines is 1. The summed E-state index contributed by atoms with van der Waals surface area (Å²) in [5, 5.41) is 2.81. The van der Waals surface area contributed by atoms with E-state index in [1.165, 1.54) is 5.69 Å². The number of nitrogens with zero attached hydrogens (tertiary/aromatic N) is 2. The van der Waals surface area contributed by atoms with Gasteiger partial charge in [0.2, 0.25) is 5.91 Å². The zero-order chi connectivity index (χ0) is 14.2. The van der Waals surface area contributed by atoms with Crippen LogP contribution in [0.25, 0.3) is 0 Å². The molecule has 134 valence electrons. The minimum Gasteiger partial charge on any atom is -0.369 e. The van der Waals surface area contributed by atoms with Crippen molar-refractivity contribution in [2.45, 2.75) is 6.42 Å². The molecule has 0 spiro atoms. The fourth-order valence-electron chi connectivity index (χ4n) is 2.47. The van der Waals surface area contributed by atoms with Crippen LogP contribution in [0, 0.1) is 0 Å². The summed E-state index contributed by atoms with van der Waals surface area (Å²) in [5.41, 5.74) is 6.55. The van der Waals surface area contributed by atoms with Gasteiger partial charge in [0.15, 0.2) is 0 Å². The van der Waals surface area contributed by atoms with Crippen LogP contribution in [0.3, 0.4) is 0 Å². The van der Waals surface area contributed by atoms with Gasteiger partial charge in [-0.05, 0) is 25.1 Å². The van der Waals surface area contributed by atoms with Crippen molar-refractivity contribution in [1.29, 1.82) is 0 Å². The van der Waals surface area contributed by atoms with Gasteiger partial charge >= 0.3 is 0 Å². The molecule has 0 unspecified atom stereocenters. The molecule has 0 radical (unpaired) electrons. The topological polar surface area (TPSA) is 61.6 Å². The Balaban J connectivity index is 0. The van der Waals surface area contributed by atoms with E-state index in [1.54, 1.807) is 0 Å². The molecule has 1 aliphatic heterocycles. The van der Waals surface area contributed by atoms with Crippen molar-refractivity contribution in [2.24, 2.45) is 5.73 Å². The van der Waals surface area contributed by atoms with E-state index in [4.69, 9.17) is 5.73 Å². The van der Waals surface area contributed by atoms with Crippen molar-refractivity contribution in [1.82, 2.24) is 10.2 Å². The number of benzene rings is 1. The largest absolute Gasteiger partial charge is 0.369 e. The summed E-state index contributed by atoms with van der Waals surface area (Å²) < 4.78 is 0. The van der Waals surface area contributed by atoms with Gasteiger partial charge in [-0.15, -0.1) is 37.2 Å². The molecule has 1 aromatic carbocycles. The molecule has 1 heterocycles. The lowest BCUT2D eigenvalue weighted by molar-refractivity contribution is -0.119. The van der Waals surface area contributed by atoms with E-state index in [9.17, 15) is 4.79 Å². The van der Waals surface area contributed by atoms with Crippen LogP contribution in [0.1, 0.15) is 6.42 Å². The average Bonchev–Trinajstić information content (AvgIpc) is 2.52. The molecule has 1 fully saturated rings. The highest BCUT2D eigenvalue weighted by molar-refractivity contribution is 5.86. The summed E-state index contributed by atoms with van der Waals surface area (Å²) in [6.45, 7) is 6.13. The highest BCUT2D eigenvalue weighted by atomic mass is 35.5. The zero-order valence-electron chi connectivity index (χ0n) is 13.1. The van der Waals surface area contributed by atoms with E-state index in [0.29, 0.717) is 0 Å². The molecule has 1 aliphatic rings. The van der Waals surface area contributed by atoms with Gasteiger partial charge < -0.3 is 16.0 Å². The third kappa shape index (κ3) is 8.63. The molecule has 0 aliphatic carbocycles. The Morgan fingerprint density at radius 2 is 1.65 bits per heavy atom. The van der Waals surface area contributed by atoms with Crippen molar-refractivity contribution in [3.05, 3.63) is 30.3 Å². The second-order valence-corrected chi connectivity index (χ2v) is 5.07. The number of carbonyl (C=O) groups is 1. The Hall–Kier alpha value is -0.720. The maximum Gasteiger partial charge on any atom is 0.233 e. The van der Waals surface area contributed by atoms with E-state index in [1.807, 2.05) is 0 Å². The van der Waals surface area contributed by atoms with Crippen LogP contribution in [0.5, 0.6) is 0 Å². The van der Waals surface area contributed by atoms with Gasteiger partial charge in [0, 0.05) is 38.4 Å². The minimum absolute atomic E-state index is 0. The zero-order valence-corrected chi connectivity index (χ0v) is 15.6. The number of rotatable bonds is 6. The Kier molecular flexibility index (Phi) is 14.6. The SMILES string of the molecule is Cl.Cl.Cl.NCC(=O)NCCCN1CCN(c2ccccc2)CC1. The number of amides is 1. The molecule has 1 aromatic rings. The smallest absolute Gasteiger partial charge is 0.233 e. The van der Waals surface area contributed by atoms with Gasteiger partial charge in [0.1, 0.15) is 0 Å². The van der Waals surface area contributed by atoms with Crippen LogP contribution >= 0.6 is 37.2 Å². The number of nitrogens with two attached hydrogens (primary N) is 1. The summed E-state index contributed by atoms with van der Waals surface area (Å²) >= 11 is 0. The predicted octanol–water partition coefficient (Wildman–Crippen LogP) is 1.54. The third-order valence-electron chi connectivity index (χ3n) is 3.65. The summed E-state index contributed by atoms with van der Waals surface area (Å²) in [6.07, 6.45) is 0.983. The molecule has 0 atom stereocenters. The van der Waals surface area contributed by atoms with Crippen molar-refractivity contribution in [3.63, 3.8) is 0 Å².